The third kappa shape index (κ3) is 3.99. The molecule has 0 radical (unpaired) electrons. The number of hydrogen-bond donors (Lipinski definition) is 1. The molecule has 0 aliphatic carbocycles. The van der Waals surface area contributed by atoms with Crippen LogP contribution < -0.4 is 5.32 Å². The molecule has 0 spiro atoms. The van der Waals surface area contributed by atoms with Crippen molar-refractivity contribution in [3.05, 3.63) is 59.1 Å². The molecule has 0 saturated heterocycles. The Balaban J connectivity index is 1.68. The van der Waals surface area contributed by atoms with Crippen molar-refractivity contribution in [1.29, 1.82) is 0 Å². The van der Waals surface area contributed by atoms with Crippen LogP contribution in [0.2, 0.25) is 0 Å². The molecule has 5 heteroatoms. The number of rotatable bonds is 5. The van der Waals surface area contributed by atoms with Gasteiger partial charge in [0.15, 0.2) is 0 Å². The minimum atomic E-state index is -0.130. The first-order valence-corrected chi connectivity index (χ1v) is 9.38. The van der Waals surface area contributed by atoms with Gasteiger partial charge in [0.1, 0.15) is 5.01 Å². The summed E-state index contributed by atoms with van der Waals surface area (Å²) in [6, 6.07) is 15.9. The Morgan fingerprint density at radius 3 is 2.60 bits per heavy atom. The van der Waals surface area contributed by atoms with Crippen LogP contribution in [0.4, 0.5) is 10.5 Å². The standard InChI is InChI=1S/C20H23N3OS/c1-4-7-15-10-12-16(13-11-15)21-20(24)23(3)14(2)19-22-17-8-5-6-9-18(17)25-19/h5-6,8-14H,4,7H2,1-3H3,(H,21,24). The molecular formula is C20H23N3OS. The van der Waals surface area contributed by atoms with Crippen LogP contribution in [0.25, 0.3) is 10.2 Å². The van der Waals surface area contributed by atoms with E-state index in [1.165, 1.54) is 5.56 Å². The highest BCUT2D eigenvalue weighted by Crippen LogP contribution is 2.29. The molecule has 3 rings (SSSR count). The second-order valence-corrected chi connectivity index (χ2v) is 7.25. The van der Waals surface area contributed by atoms with E-state index in [1.807, 2.05) is 37.3 Å². The number of nitrogens with one attached hydrogen (secondary N) is 1. The normalized spacial score (nSPS) is 12.1. The van der Waals surface area contributed by atoms with E-state index >= 15 is 0 Å². The average molecular weight is 353 g/mol. The summed E-state index contributed by atoms with van der Waals surface area (Å²) in [4.78, 5) is 18.9. The molecule has 1 aromatic heterocycles. The summed E-state index contributed by atoms with van der Waals surface area (Å²) in [7, 11) is 1.80. The highest BCUT2D eigenvalue weighted by Gasteiger charge is 2.20. The molecule has 0 bridgehead atoms. The summed E-state index contributed by atoms with van der Waals surface area (Å²) >= 11 is 1.63. The molecule has 1 atom stereocenters. The summed E-state index contributed by atoms with van der Waals surface area (Å²) in [5.74, 6) is 0. The van der Waals surface area contributed by atoms with Gasteiger partial charge in [-0.15, -0.1) is 11.3 Å². The Bertz CT molecular complexity index is 824. The van der Waals surface area contributed by atoms with Crippen molar-refractivity contribution in [3.63, 3.8) is 0 Å². The number of para-hydroxylation sites is 1. The SMILES string of the molecule is CCCc1ccc(NC(=O)N(C)C(C)c2nc3ccccc3s2)cc1. The van der Waals surface area contributed by atoms with E-state index in [0.717, 1.165) is 33.8 Å². The van der Waals surface area contributed by atoms with Crippen LogP contribution in [-0.4, -0.2) is 23.0 Å². The fourth-order valence-corrected chi connectivity index (χ4v) is 3.73. The van der Waals surface area contributed by atoms with E-state index in [2.05, 4.69) is 35.4 Å². The molecule has 2 aromatic carbocycles. The van der Waals surface area contributed by atoms with Gasteiger partial charge in [-0.25, -0.2) is 9.78 Å². The van der Waals surface area contributed by atoms with Crippen LogP contribution in [0.15, 0.2) is 48.5 Å². The van der Waals surface area contributed by atoms with Gasteiger partial charge in [-0.1, -0.05) is 37.6 Å². The first kappa shape index (κ1) is 17.4. The number of anilines is 1. The molecule has 1 heterocycles. The minimum absolute atomic E-state index is 0.0863. The number of carbonyl (C=O) groups excluding carboxylic acids is 1. The van der Waals surface area contributed by atoms with Gasteiger partial charge in [0.05, 0.1) is 16.3 Å². The van der Waals surface area contributed by atoms with E-state index in [-0.39, 0.29) is 12.1 Å². The van der Waals surface area contributed by atoms with E-state index in [4.69, 9.17) is 0 Å². The highest BCUT2D eigenvalue weighted by molar-refractivity contribution is 7.18. The van der Waals surface area contributed by atoms with Crippen LogP contribution in [-0.2, 0) is 6.42 Å². The maximum absolute atomic E-state index is 12.5. The van der Waals surface area contributed by atoms with Gasteiger partial charge in [0, 0.05) is 12.7 Å². The van der Waals surface area contributed by atoms with Crippen molar-refractivity contribution in [2.75, 3.05) is 12.4 Å². The molecule has 4 nitrogen and oxygen atoms in total. The third-order valence-corrected chi connectivity index (χ3v) is 5.52. The topological polar surface area (TPSA) is 45.2 Å². The Morgan fingerprint density at radius 1 is 1.20 bits per heavy atom. The number of thiazole rings is 1. The summed E-state index contributed by atoms with van der Waals surface area (Å²) in [6.07, 6.45) is 2.18. The number of carbonyl (C=O) groups is 1. The number of urea groups is 1. The monoisotopic (exact) mass is 353 g/mol. The van der Waals surface area contributed by atoms with Crippen molar-refractivity contribution in [3.8, 4) is 0 Å². The van der Waals surface area contributed by atoms with Crippen LogP contribution in [0.3, 0.4) is 0 Å². The quantitative estimate of drug-likeness (QED) is 0.661. The summed E-state index contributed by atoms with van der Waals surface area (Å²) in [6.45, 7) is 4.16. The molecule has 130 valence electrons. The van der Waals surface area contributed by atoms with Gasteiger partial charge in [0.2, 0.25) is 0 Å². The second-order valence-electron chi connectivity index (χ2n) is 6.18. The molecule has 1 unspecified atom stereocenters. The third-order valence-electron chi connectivity index (χ3n) is 4.31. The lowest BCUT2D eigenvalue weighted by atomic mass is 10.1. The number of benzene rings is 2. The van der Waals surface area contributed by atoms with Crippen LogP contribution >= 0.6 is 11.3 Å². The zero-order valence-corrected chi connectivity index (χ0v) is 15.6. The predicted molar refractivity (Wildman–Crippen MR) is 105 cm³/mol. The van der Waals surface area contributed by atoms with Crippen molar-refractivity contribution in [2.45, 2.75) is 32.7 Å². The number of fused-ring (bicyclic) bond motifs is 1. The van der Waals surface area contributed by atoms with Gasteiger partial charge >= 0.3 is 6.03 Å². The largest absolute Gasteiger partial charge is 0.322 e. The van der Waals surface area contributed by atoms with Gasteiger partial charge in [0.25, 0.3) is 0 Å². The van der Waals surface area contributed by atoms with Crippen molar-refractivity contribution >= 4 is 33.3 Å². The number of amides is 2. The molecule has 3 aromatic rings. The van der Waals surface area contributed by atoms with Gasteiger partial charge in [-0.3, -0.25) is 0 Å². The van der Waals surface area contributed by atoms with E-state index in [9.17, 15) is 4.79 Å². The summed E-state index contributed by atoms with van der Waals surface area (Å²) in [5, 5.41) is 3.90. The smallest absolute Gasteiger partial charge is 0.318 e. The Labute approximate surface area is 152 Å². The zero-order valence-electron chi connectivity index (χ0n) is 14.8. The number of aryl methyl sites for hydroxylation is 1. The molecule has 0 aliphatic heterocycles. The van der Waals surface area contributed by atoms with Crippen LogP contribution in [0, 0.1) is 0 Å². The molecular weight excluding hydrogens is 330 g/mol. The van der Waals surface area contributed by atoms with Gasteiger partial charge in [-0.05, 0) is 43.2 Å². The Kier molecular flexibility index (Phi) is 5.34. The fraction of sp³-hybridized carbons (Fsp3) is 0.300. The lowest BCUT2D eigenvalue weighted by molar-refractivity contribution is 0.208. The molecule has 0 aliphatic rings. The Morgan fingerprint density at radius 2 is 1.92 bits per heavy atom. The van der Waals surface area contributed by atoms with Gasteiger partial charge in [-0.2, -0.15) is 0 Å². The lowest BCUT2D eigenvalue weighted by Gasteiger charge is -2.23. The average Bonchev–Trinajstić information content (AvgIpc) is 3.06. The van der Waals surface area contributed by atoms with Crippen molar-refractivity contribution < 1.29 is 4.79 Å². The molecule has 1 N–H and O–H groups in total. The van der Waals surface area contributed by atoms with Crippen molar-refractivity contribution in [2.24, 2.45) is 0 Å². The molecule has 0 saturated carbocycles. The van der Waals surface area contributed by atoms with Gasteiger partial charge < -0.3 is 10.2 Å². The highest BCUT2D eigenvalue weighted by atomic mass is 32.1. The number of aromatic nitrogens is 1. The molecule has 25 heavy (non-hydrogen) atoms. The predicted octanol–water partition coefficient (Wildman–Crippen LogP) is 5.47. The maximum atomic E-state index is 12.5. The first-order valence-electron chi connectivity index (χ1n) is 8.56. The molecule has 2 amide bonds. The van der Waals surface area contributed by atoms with Crippen LogP contribution in [0.5, 0.6) is 0 Å². The fourth-order valence-electron chi connectivity index (χ4n) is 2.67. The number of hydrogen-bond acceptors (Lipinski definition) is 3. The zero-order chi connectivity index (χ0) is 17.8. The summed E-state index contributed by atoms with van der Waals surface area (Å²) < 4.78 is 1.14. The molecule has 0 fully saturated rings. The minimum Gasteiger partial charge on any atom is -0.318 e. The summed E-state index contributed by atoms with van der Waals surface area (Å²) in [5.41, 5.74) is 3.08. The lowest BCUT2D eigenvalue weighted by Crippen LogP contribution is -2.33. The second kappa shape index (κ2) is 7.66. The van der Waals surface area contributed by atoms with E-state index in [0.29, 0.717) is 0 Å². The van der Waals surface area contributed by atoms with E-state index < -0.39 is 0 Å². The number of nitrogens with zero attached hydrogens (tertiary/aromatic N) is 2. The maximum Gasteiger partial charge on any atom is 0.322 e. The first-order chi connectivity index (χ1) is 12.1. The van der Waals surface area contributed by atoms with Crippen molar-refractivity contribution in [1.82, 2.24) is 9.88 Å². The van der Waals surface area contributed by atoms with Crippen LogP contribution in [0.1, 0.15) is 36.9 Å². The Hall–Kier alpha value is -2.40. The van der Waals surface area contributed by atoms with E-state index in [1.54, 1.807) is 23.3 Å².